The van der Waals surface area contributed by atoms with E-state index >= 15 is 0 Å². The first-order valence-corrected chi connectivity index (χ1v) is 11.6. The van der Waals surface area contributed by atoms with E-state index in [2.05, 4.69) is 11.9 Å². The van der Waals surface area contributed by atoms with Gasteiger partial charge in [-0.3, -0.25) is 19.3 Å². The minimum absolute atomic E-state index is 0.0497. The molecule has 0 saturated carbocycles. The second kappa shape index (κ2) is 10.5. The molecule has 0 aliphatic carbocycles. The zero-order chi connectivity index (χ0) is 22.4. The predicted octanol–water partition coefficient (Wildman–Crippen LogP) is 4.08. The fraction of sp³-hybridized carbons (Fsp3) is 0.478. The molecule has 1 fully saturated rings. The summed E-state index contributed by atoms with van der Waals surface area (Å²) in [5, 5.41) is 2.34. The van der Waals surface area contributed by atoms with E-state index in [-0.39, 0.29) is 30.3 Å². The van der Waals surface area contributed by atoms with Crippen LogP contribution >= 0.6 is 11.3 Å². The van der Waals surface area contributed by atoms with Crippen LogP contribution in [0.4, 0.5) is 10.8 Å². The minimum Gasteiger partial charge on any atom is -0.459 e. The maximum atomic E-state index is 12.5. The number of nitrogens with zero attached hydrogens (tertiary/aromatic N) is 3. The molecule has 0 radical (unpaired) electrons. The third-order valence-corrected chi connectivity index (χ3v) is 6.30. The fourth-order valence-corrected chi connectivity index (χ4v) is 4.53. The first kappa shape index (κ1) is 22.9. The van der Waals surface area contributed by atoms with E-state index in [1.807, 2.05) is 31.2 Å². The van der Waals surface area contributed by atoms with E-state index in [9.17, 15) is 14.4 Å². The van der Waals surface area contributed by atoms with Crippen molar-refractivity contribution in [1.82, 2.24) is 9.88 Å². The Hall–Kier alpha value is -2.74. The first-order valence-electron chi connectivity index (χ1n) is 10.7. The van der Waals surface area contributed by atoms with Gasteiger partial charge in [0, 0.05) is 31.8 Å². The van der Waals surface area contributed by atoms with Gasteiger partial charge < -0.3 is 9.64 Å². The Labute approximate surface area is 187 Å². The number of hydrogen-bond acceptors (Lipinski definition) is 6. The van der Waals surface area contributed by atoms with Crippen molar-refractivity contribution in [1.29, 1.82) is 0 Å². The van der Waals surface area contributed by atoms with E-state index in [0.717, 1.165) is 24.9 Å². The highest BCUT2D eigenvalue weighted by atomic mass is 32.1. The molecule has 1 aromatic carbocycles. The van der Waals surface area contributed by atoms with Crippen LogP contribution in [0.1, 0.15) is 51.3 Å². The van der Waals surface area contributed by atoms with Crippen molar-refractivity contribution in [3.8, 4) is 0 Å². The van der Waals surface area contributed by atoms with E-state index in [4.69, 9.17) is 4.74 Å². The largest absolute Gasteiger partial charge is 0.459 e. The van der Waals surface area contributed by atoms with Crippen LogP contribution in [-0.2, 0) is 32.1 Å². The second-order valence-corrected chi connectivity index (χ2v) is 8.47. The predicted molar refractivity (Wildman–Crippen MR) is 120 cm³/mol. The van der Waals surface area contributed by atoms with Crippen LogP contribution in [0.2, 0.25) is 0 Å². The van der Waals surface area contributed by atoms with Crippen molar-refractivity contribution in [3.63, 3.8) is 0 Å². The molecule has 1 atom stereocenters. The monoisotopic (exact) mass is 443 g/mol. The molecule has 31 heavy (non-hydrogen) atoms. The number of rotatable bonds is 7. The van der Waals surface area contributed by atoms with Crippen molar-refractivity contribution in [2.24, 2.45) is 5.92 Å². The zero-order valence-corrected chi connectivity index (χ0v) is 19.1. The summed E-state index contributed by atoms with van der Waals surface area (Å²) in [6.45, 7) is 6.58. The third-order valence-electron chi connectivity index (χ3n) is 5.42. The number of thiazole rings is 1. The summed E-state index contributed by atoms with van der Waals surface area (Å²) in [5.41, 5.74) is 2.55. The lowest BCUT2D eigenvalue weighted by atomic mass is 9.98. The van der Waals surface area contributed by atoms with Crippen molar-refractivity contribution in [2.75, 3.05) is 18.0 Å². The molecule has 7 nitrogen and oxygen atoms in total. The van der Waals surface area contributed by atoms with Crippen LogP contribution in [0.5, 0.6) is 0 Å². The van der Waals surface area contributed by atoms with Crippen LogP contribution in [0.3, 0.4) is 0 Å². The molecule has 2 heterocycles. The number of likely N-dealkylation sites (tertiary alicyclic amines) is 1. The molecule has 0 N–H and O–H groups in total. The molecule has 0 bridgehead atoms. The number of ether oxygens (including phenoxy) is 1. The van der Waals surface area contributed by atoms with Crippen molar-refractivity contribution in [3.05, 3.63) is 40.9 Å². The van der Waals surface area contributed by atoms with Crippen molar-refractivity contribution >= 4 is 39.9 Å². The van der Waals surface area contributed by atoms with Gasteiger partial charge in [-0.25, -0.2) is 4.98 Å². The second-order valence-electron chi connectivity index (χ2n) is 7.64. The van der Waals surface area contributed by atoms with Crippen LogP contribution in [0.15, 0.2) is 29.6 Å². The van der Waals surface area contributed by atoms with Crippen LogP contribution in [-0.4, -0.2) is 40.8 Å². The Balaban J connectivity index is 1.62. The first-order chi connectivity index (χ1) is 14.9. The zero-order valence-electron chi connectivity index (χ0n) is 18.3. The number of carbonyl (C=O) groups excluding carboxylic acids is 3. The molecule has 2 aromatic rings. The van der Waals surface area contributed by atoms with E-state index in [0.29, 0.717) is 30.3 Å². The van der Waals surface area contributed by atoms with Crippen molar-refractivity contribution < 1.29 is 19.1 Å². The highest BCUT2D eigenvalue weighted by Crippen LogP contribution is 2.29. The summed E-state index contributed by atoms with van der Waals surface area (Å²) in [4.78, 5) is 44.5. The molecular formula is C23H29N3O4S. The summed E-state index contributed by atoms with van der Waals surface area (Å²) in [7, 11) is 0. The molecule has 3 rings (SSSR count). The van der Waals surface area contributed by atoms with Gasteiger partial charge >= 0.3 is 5.97 Å². The summed E-state index contributed by atoms with van der Waals surface area (Å²) in [5.74, 6) is -0.669. The Bertz CT molecular complexity index is 925. The van der Waals surface area contributed by atoms with Gasteiger partial charge in [-0.1, -0.05) is 26.0 Å². The average Bonchev–Trinajstić information content (AvgIpc) is 3.25. The van der Waals surface area contributed by atoms with Gasteiger partial charge in [-0.15, -0.1) is 11.3 Å². The van der Waals surface area contributed by atoms with Gasteiger partial charge in [0.2, 0.25) is 11.8 Å². The molecule has 1 unspecified atom stereocenters. The summed E-state index contributed by atoms with van der Waals surface area (Å²) < 4.78 is 5.48. The van der Waals surface area contributed by atoms with Crippen LogP contribution < -0.4 is 4.90 Å². The SMILES string of the molecule is CCC(=O)N1CCCC(C(=O)OCc2csc(N(C(C)=O)c3ccc(CC)cc3)n2)C1. The quantitative estimate of drug-likeness (QED) is 0.603. The van der Waals surface area contributed by atoms with Gasteiger partial charge in [-0.2, -0.15) is 0 Å². The van der Waals surface area contributed by atoms with Gasteiger partial charge in [0.25, 0.3) is 0 Å². The highest BCUT2D eigenvalue weighted by molar-refractivity contribution is 7.14. The van der Waals surface area contributed by atoms with Gasteiger partial charge in [0.15, 0.2) is 5.13 Å². The average molecular weight is 444 g/mol. The van der Waals surface area contributed by atoms with Crippen LogP contribution in [0, 0.1) is 5.92 Å². The number of esters is 1. The topological polar surface area (TPSA) is 79.8 Å². The van der Waals surface area contributed by atoms with Crippen LogP contribution in [0.25, 0.3) is 0 Å². The minimum atomic E-state index is -0.304. The Morgan fingerprint density at radius 2 is 1.97 bits per heavy atom. The number of aryl methyl sites for hydroxylation is 1. The Morgan fingerprint density at radius 3 is 2.61 bits per heavy atom. The van der Waals surface area contributed by atoms with Gasteiger partial charge in [0.05, 0.1) is 17.3 Å². The fourth-order valence-electron chi connectivity index (χ4n) is 3.66. The number of aromatic nitrogens is 1. The standard InChI is InChI=1S/C23H29N3O4S/c1-4-17-8-10-20(11-9-17)26(16(3)27)23-24-19(15-31-23)14-30-22(29)18-7-6-12-25(13-18)21(28)5-2/h8-11,15,18H,4-7,12-14H2,1-3H3. The number of amides is 2. The van der Waals surface area contributed by atoms with Crippen molar-refractivity contribution in [2.45, 2.75) is 53.1 Å². The molecule has 1 aromatic heterocycles. The lowest BCUT2D eigenvalue weighted by Gasteiger charge is -2.31. The number of piperidine rings is 1. The molecule has 8 heteroatoms. The molecule has 1 aliphatic rings. The normalized spacial score (nSPS) is 16.1. The molecule has 0 spiro atoms. The Morgan fingerprint density at radius 1 is 1.23 bits per heavy atom. The maximum Gasteiger partial charge on any atom is 0.311 e. The van der Waals surface area contributed by atoms with E-state index in [1.165, 1.54) is 23.8 Å². The Kier molecular flexibility index (Phi) is 7.79. The van der Waals surface area contributed by atoms with E-state index < -0.39 is 0 Å². The number of carbonyl (C=O) groups is 3. The highest BCUT2D eigenvalue weighted by Gasteiger charge is 2.29. The molecule has 1 aliphatic heterocycles. The lowest BCUT2D eigenvalue weighted by molar-refractivity contribution is -0.153. The molecule has 166 valence electrons. The van der Waals surface area contributed by atoms with Gasteiger partial charge in [0.1, 0.15) is 6.61 Å². The number of hydrogen-bond donors (Lipinski definition) is 0. The molecule has 1 saturated heterocycles. The summed E-state index contributed by atoms with van der Waals surface area (Å²) >= 11 is 1.34. The third kappa shape index (κ3) is 5.70. The molecular weight excluding hydrogens is 414 g/mol. The maximum absolute atomic E-state index is 12.5. The molecule has 2 amide bonds. The number of benzene rings is 1. The smallest absolute Gasteiger partial charge is 0.311 e. The summed E-state index contributed by atoms with van der Waals surface area (Å²) in [6.07, 6.45) is 2.90. The van der Waals surface area contributed by atoms with E-state index in [1.54, 1.807) is 15.2 Å². The van der Waals surface area contributed by atoms with Gasteiger partial charge in [-0.05, 0) is 37.0 Å². The lowest BCUT2D eigenvalue weighted by Crippen LogP contribution is -2.42. The summed E-state index contributed by atoms with van der Waals surface area (Å²) in [6, 6.07) is 7.82. The number of anilines is 2.